The molecule has 0 amide bonds. The van der Waals surface area contributed by atoms with Crippen LogP contribution in [0.15, 0.2) is 16.7 Å². The number of pyridine rings is 1. The van der Waals surface area contributed by atoms with Crippen molar-refractivity contribution in [2.75, 3.05) is 20.1 Å². The number of hydrogen-bond acceptors (Lipinski definition) is 3. The number of nitrogens with one attached hydrogen (secondary N) is 1. The van der Waals surface area contributed by atoms with E-state index in [0.717, 1.165) is 24.0 Å². The summed E-state index contributed by atoms with van der Waals surface area (Å²) in [5.41, 5.74) is 4.42. The highest BCUT2D eigenvalue weighted by atomic mass is 79.9. The Bertz CT molecular complexity index is 359. The van der Waals surface area contributed by atoms with Gasteiger partial charge in [-0.2, -0.15) is 0 Å². The van der Waals surface area contributed by atoms with E-state index in [9.17, 15) is 0 Å². The molecule has 0 aliphatic carbocycles. The number of hydrogen-bond donors (Lipinski definition) is 1. The second kappa shape index (κ2) is 4.78. The van der Waals surface area contributed by atoms with Gasteiger partial charge in [-0.3, -0.25) is 5.43 Å². The number of rotatable bonds is 2. The molecule has 2 rings (SSSR count). The molecule has 0 saturated carbocycles. The van der Waals surface area contributed by atoms with Crippen molar-refractivity contribution >= 4 is 27.5 Å². The van der Waals surface area contributed by atoms with Crippen LogP contribution in [0.3, 0.4) is 0 Å². The summed E-state index contributed by atoms with van der Waals surface area (Å²) >= 11 is 9.26. The highest BCUT2D eigenvalue weighted by Gasteiger charge is 2.23. The monoisotopic (exact) mass is 289 g/mol. The molecule has 1 atom stereocenters. The number of aromatic nitrogens is 1. The van der Waals surface area contributed by atoms with E-state index in [4.69, 9.17) is 11.6 Å². The third-order valence-electron chi connectivity index (χ3n) is 2.79. The average molecular weight is 291 g/mol. The maximum absolute atomic E-state index is 5.86. The van der Waals surface area contributed by atoms with Crippen LogP contribution in [0.25, 0.3) is 0 Å². The molecular formula is C10H13BrClN3. The molecule has 1 aromatic rings. The van der Waals surface area contributed by atoms with E-state index in [1.807, 2.05) is 13.2 Å². The van der Waals surface area contributed by atoms with Gasteiger partial charge in [-0.05, 0) is 41.0 Å². The first-order valence-electron chi connectivity index (χ1n) is 4.94. The summed E-state index contributed by atoms with van der Waals surface area (Å²) in [7, 11) is 1.96. The lowest BCUT2D eigenvalue weighted by molar-refractivity contribution is 0.258. The Labute approximate surface area is 103 Å². The van der Waals surface area contributed by atoms with Crippen LogP contribution >= 0.6 is 27.5 Å². The van der Waals surface area contributed by atoms with Crippen molar-refractivity contribution in [2.45, 2.75) is 12.3 Å². The van der Waals surface area contributed by atoms with E-state index in [-0.39, 0.29) is 0 Å². The first-order valence-corrected chi connectivity index (χ1v) is 6.11. The second-order valence-electron chi connectivity index (χ2n) is 3.70. The van der Waals surface area contributed by atoms with Gasteiger partial charge in [-0.25, -0.2) is 9.99 Å². The summed E-state index contributed by atoms with van der Waals surface area (Å²) in [5, 5.41) is 2.75. The van der Waals surface area contributed by atoms with Gasteiger partial charge >= 0.3 is 0 Å². The van der Waals surface area contributed by atoms with Gasteiger partial charge in [0.2, 0.25) is 0 Å². The average Bonchev–Trinajstić information content (AvgIpc) is 2.70. The maximum atomic E-state index is 5.86. The Hall–Kier alpha value is -0.160. The number of hydrazine groups is 1. The molecule has 15 heavy (non-hydrogen) atoms. The van der Waals surface area contributed by atoms with Crippen molar-refractivity contribution in [2.24, 2.45) is 0 Å². The van der Waals surface area contributed by atoms with E-state index in [2.05, 4.69) is 37.4 Å². The number of halogens is 2. The Morgan fingerprint density at radius 2 is 2.47 bits per heavy atom. The normalized spacial score (nSPS) is 22.2. The minimum absolute atomic E-state index is 0.530. The Morgan fingerprint density at radius 1 is 1.67 bits per heavy atom. The van der Waals surface area contributed by atoms with Gasteiger partial charge < -0.3 is 0 Å². The minimum atomic E-state index is 0.530. The lowest BCUT2D eigenvalue weighted by Crippen LogP contribution is -2.32. The van der Waals surface area contributed by atoms with Crippen molar-refractivity contribution in [1.29, 1.82) is 0 Å². The molecule has 0 unspecified atom stereocenters. The van der Waals surface area contributed by atoms with Crippen molar-refractivity contribution in [3.8, 4) is 0 Å². The molecule has 0 bridgehead atoms. The predicted molar refractivity (Wildman–Crippen MR) is 64.9 cm³/mol. The summed E-state index contributed by atoms with van der Waals surface area (Å²) in [6.07, 6.45) is 3.04. The molecule has 2 heterocycles. The fraction of sp³-hybridized carbons (Fsp3) is 0.500. The van der Waals surface area contributed by atoms with Gasteiger partial charge in [0.05, 0.1) is 4.47 Å². The molecule has 3 nitrogen and oxygen atoms in total. The van der Waals surface area contributed by atoms with Crippen LogP contribution < -0.4 is 5.43 Å². The van der Waals surface area contributed by atoms with E-state index in [0.29, 0.717) is 11.1 Å². The van der Waals surface area contributed by atoms with E-state index in [1.165, 1.54) is 5.56 Å². The van der Waals surface area contributed by atoms with Crippen LogP contribution in [-0.4, -0.2) is 30.1 Å². The van der Waals surface area contributed by atoms with E-state index >= 15 is 0 Å². The smallest absolute Gasteiger partial charge is 0.143 e. The summed E-state index contributed by atoms with van der Waals surface area (Å²) < 4.78 is 0.879. The summed E-state index contributed by atoms with van der Waals surface area (Å²) in [5.74, 6) is 0.554. The highest BCUT2D eigenvalue weighted by Crippen LogP contribution is 2.29. The number of nitrogens with zero attached hydrogens (tertiary/aromatic N) is 2. The van der Waals surface area contributed by atoms with Gasteiger partial charge in [0, 0.05) is 25.2 Å². The molecular weight excluding hydrogens is 277 g/mol. The van der Waals surface area contributed by atoms with Gasteiger partial charge in [0.1, 0.15) is 5.15 Å². The summed E-state index contributed by atoms with van der Waals surface area (Å²) in [6.45, 7) is 2.12. The van der Waals surface area contributed by atoms with Crippen molar-refractivity contribution < 1.29 is 0 Å². The highest BCUT2D eigenvalue weighted by molar-refractivity contribution is 9.10. The SMILES string of the molecule is CNN1CC[C@H](c2cnc(Cl)c(Br)c2)C1. The van der Waals surface area contributed by atoms with Crippen LogP contribution in [0.1, 0.15) is 17.9 Å². The molecule has 0 radical (unpaired) electrons. The Balaban J connectivity index is 2.13. The van der Waals surface area contributed by atoms with Crippen molar-refractivity contribution in [1.82, 2.24) is 15.4 Å². The fourth-order valence-electron chi connectivity index (χ4n) is 1.89. The summed E-state index contributed by atoms with van der Waals surface area (Å²) in [6, 6.07) is 2.07. The lowest BCUT2D eigenvalue weighted by atomic mass is 10.0. The Morgan fingerprint density at radius 3 is 3.07 bits per heavy atom. The molecule has 1 saturated heterocycles. The molecule has 0 aromatic carbocycles. The maximum Gasteiger partial charge on any atom is 0.143 e. The zero-order chi connectivity index (χ0) is 10.8. The van der Waals surface area contributed by atoms with Crippen LogP contribution in [-0.2, 0) is 0 Å². The first kappa shape index (κ1) is 11.3. The van der Waals surface area contributed by atoms with Gasteiger partial charge in [0.25, 0.3) is 0 Å². The minimum Gasteiger partial charge on any atom is -0.258 e. The molecule has 5 heteroatoms. The zero-order valence-electron chi connectivity index (χ0n) is 8.50. The van der Waals surface area contributed by atoms with Crippen LogP contribution in [0.5, 0.6) is 0 Å². The first-order chi connectivity index (χ1) is 7.20. The molecule has 1 aliphatic heterocycles. The lowest BCUT2D eigenvalue weighted by Gasteiger charge is -2.14. The topological polar surface area (TPSA) is 28.2 Å². The van der Waals surface area contributed by atoms with E-state index < -0.39 is 0 Å². The standard InChI is InChI=1S/C10H13BrClN3/c1-13-15-3-2-7(6-15)8-4-9(11)10(12)14-5-8/h4-5,7,13H,2-3,6H2,1H3/t7-/m0/s1. The fourth-order valence-corrected chi connectivity index (χ4v) is 2.36. The van der Waals surface area contributed by atoms with Crippen molar-refractivity contribution in [3.05, 3.63) is 27.5 Å². The molecule has 1 aliphatic rings. The van der Waals surface area contributed by atoms with Gasteiger partial charge in [0.15, 0.2) is 0 Å². The third-order valence-corrected chi connectivity index (χ3v) is 3.93. The van der Waals surface area contributed by atoms with Crippen LogP contribution in [0, 0.1) is 0 Å². The largest absolute Gasteiger partial charge is 0.258 e. The molecule has 1 aromatic heterocycles. The third kappa shape index (κ3) is 2.50. The van der Waals surface area contributed by atoms with E-state index in [1.54, 1.807) is 0 Å². The van der Waals surface area contributed by atoms with Gasteiger partial charge in [-0.15, -0.1) is 0 Å². The van der Waals surface area contributed by atoms with Crippen LogP contribution in [0.2, 0.25) is 5.15 Å². The summed E-state index contributed by atoms with van der Waals surface area (Å²) in [4.78, 5) is 4.15. The second-order valence-corrected chi connectivity index (χ2v) is 4.91. The predicted octanol–water partition coefficient (Wildman–Crippen LogP) is 2.42. The molecule has 0 spiro atoms. The molecule has 82 valence electrons. The van der Waals surface area contributed by atoms with Gasteiger partial charge in [-0.1, -0.05) is 11.6 Å². The Kier molecular flexibility index (Phi) is 3.61. The molecule has 1 N–H and O–H groups in total. The van der Waals surface area contributed by atoms with Crippen molar-refractivity contribution in [3.63, 3.8) is 0 Å². The quantitative estimate of drug-likeness (QED) is 0.848. The van der Waals surface area contributed by atoms with Crippen LogP contribution in [0.4, 0.5) is 0 Å². The zero-order valence-corrected chi connectivity index (χ0v) is 10.8. The molecule has 1 fully saturated rings.